The van der Waals surface area contributed by atoms with Gasteiger partial charge in [-0.15, -0.1) is 0 Å². The van der Waals surface area contributed by atoms with Crippen LogP contribution in [-0.2, 0) is 11.2 Å². The predicted molar refractivity (Wildman–Crippen MR) is 138 cm³/mol. The Labute approximate surface area is 204 Å². The molecule has 3 aromatic carbocycles. The number of nitrogens with zero attached hydrogens (tertiary/aromatic N) is 5. The Morgan fingerprint density at radius 2 is 1.69 bits per heavy atom. The molecular weight excluding hydrogens is 434 g/mol. The second-order valence-electron chi connectivity index (χ2n) is 8.72. The summed E-state index contributed by atoms with van der Waals surface area (Å²) in [5, 5.41) is 5.23. The Morgan fingerprint density at radius 3 is 2.40 bits per heavy atom. The monoisotopic (exact) mass is 461 g/mol. The average molecular weight is 462 g/mol. The van der Waals surface area contributed by atoms with Crippen molar-refractivity contribution in [2.24, 2.45) is 0 Å². The quantitative estimate of drug-likeness (QED) is 0.332. The molecule has 1 amide bonds. The molecule has 0 fully saturated rings. The number of amides is 1. The maximum atomic E-state index is 13.5. The highest BCUT2D eigenvalue weighted by atomic mass is 16.2. The van der Waals surface area contributed by atoms with Crippen molar-refractivity contribution in [2.45, 2.75) is 26.3 Å². The van der Waals surface area contributed by atoms with E-state index in [2.05, 4.69) is 28.3 Å². The van der Waals surface area contributed by atoms with Gasteiger partial charge in [-0.1, -0.05) is 60.7 Å². The van der Waals surface area contributed by atoms with E-state index in [1.807, 2.05) is 86.5 Å². The predicted octanol–water partition coefficient (Wildman–Crippen LogP) is 5.55. The maximum Gasteiger partial charge on any atom is 0.227 e. The van der Waals surface area contributed by atoms with E-state index in [0.29, 0.717) is 0 Å². The van der Waals surface area contributed by atoms with Gasteiger partial charge in [-0.3, -0.25) is 9.78 Å². The molecule has 0 aliphatic rings. The first-order chi connectivity index (χ1) is 17.0. The number of aromatic nitrogens is 4. The van der Waals surface area contributed by atoms with E-state index < -0.39 is 0 Å². The lowest BCUT2D eigenvalue weighted by atomic mass is 9.92. The number of benzene rings is 3. The molecule has 2 heterocycles. The molecule has 0 saturated heterocycles. The number of carbonyl (C=O) groups excluding carboxylic acids is 1. The van der Waals surface area contributed by atoms with Crippen LogP contribution in [0.15, 0.2) is 91.5 Å². The Balaban J connectivity index is 1.45. The number of carbonyl (C=O) groups is 1. The smallest absolute Gasteiger partial charge is 0.227 e. The lowest BCUT2D eigenvalue weighted by Crippen LogP contribution is -2.31. The number of rotatable bonds is 6. The van der Waals surface area contributed by atoms with Crippen molar-refractivity contribution < 1.29 is 4.79 Å². The van der Waals surface area contributed by atoms with Crippen molar-refractivity contribution in [1.29, 1.82) is 0 Å². The minimum Gasteiger partial charge on any atom is -0.339 e. The molecule has 0 aliphatic carbocycles. The van der Waals surface area contributed by atoms with Crippen LogP contribution in [0.4, 0.5) is 0 Å². The van der Waals surface area contributed by atoms with Crippen molar-refractivity contribution in [3.05, 3.63) is 108 Å². The van der Waals surface area contributed by atoms with Gasteiger partial charge in [0.05, 0.1) is 23.7 Å². The highest BCUT2D eigenvalue weighted by Crippen LogP contribution is 2.34. The minimum absolute atomic E-state index is 0.0511. The van der Waals surface area contributed by atoms with Crippen LogP contribution >= 0.6 is 0 Å². The zero-order chi connectivity index (χ0) is 24.4. The van der Waals surface area contributed by atoms with Crippen molar-refractivity contribution in [3.8, 4) is 16.8 Å². The second kappa shape index (κ2) is 9.50. The summed E-state index contributed by atoms with van der Waals surface area (Å²) >= 11 is 0. The van der Waals surface area contributed by atoms with Crippen LogP contribution in [-0.4, -0.2) is 37.6 Å². The molecule has 0 radical (unpaired) electrons. The van der Waals surface area contributed by atoms with Gasteiger partial charge in [0, 0.05) is 18.1 Å². The Morgan fingerprint density at radius 1 is 0.971 bits per heavy atom. The minimum atomic E-state index is -0.0822. The van der Waals surface area contributed by atoms with Crippen LogP contribution < -0.4 is 0 Å². The van der Waals surface area contributed by atoms with Gasteiger partial charge < -0.3 is 4.90 Å². The SMILES string of the molecule is Cc1nc2ccccc2c(-c2ccccc2)c1CC(=O)N(C)C(C)c1ccc(-n2cncn2)cc1. The molecule has 35 heavy (non-hydrogen) atoms. The molecule has 0 aliphatic heterocycles. The van der Waals surface area contributed by atoms with Gasteiger partial charge in [0.15, 0.2) is 0 Å². The summed E-state index contributed by atoms with van der Waals surface area (Å²) in [7, 11) is 1.87. The van der Waals surface area contributed by atoms with Gasteiger partial charge >= 0.3 is 0 Å². The van der Waals surface area contributed by atoms with Gasteiger partial charge in [-0.2, -0.15) is 5.10 Å². The number of aryl methyl sites for hydroxylation is 1. The molecule has 6 heteroatoms. The Hall–Kier alpha value is -4.32. The second-order valence-corrected chi connectivity index (χ2v) is 8.72. The summed E-state index contributed by atoms with van der Waals surface area (Å²) in [6.45, 7) is 4.04. The standard InChI is InChI=1S/C29H27N5O/c1-20-26(29(23-9-5-4-6-10-23)25-11-7-8-12-27(25)32-20)17-28(35)33(3)21(2)22-13-15-24(16-14-22)34-19-30-18-31-34/h4-16,18-19,21H,17H2,1-3H3. The highest BCUT2D eigenvalue weighted by Gasteiger charge is 2.22. The van der Waals surface area contributed by atoms with Gasteiger partial charge in [-0.05, 0) is 54.3 Å². The fraction of sp³-hybridized carbons (Fsp3) is 0.172. The summed E-state index contributed by atoms with van der Waals surface area (Å²) in [5.74, 6) is 0.0511. The maximum absolute atomic E-state index is 13.5. The third kappa shape index (κ3) is 4.43. The van der Waals surface area contributed by atoms with E-state index >= 15 is 0 Å². The summed E-state index contributed by atoms with van der Waals surface area (Å²) in [6.07, 6.45) is 3.46. The van der Waals surface area contributed by atoms with E-state index in [9.17, 15) is 4.79 Å². The molecule has 1 unspecified atom stereocenters. The first kappa shape index (κ1) is 22.5. The Bertz CT molecular complexity index is 1460. The van der Waals surface area contributed by atoms with E-state index in [1.165, 1.54) is 6.33 Å². The molecule has 1 atom stereocenters. The molecule has 2 aromatic heterocycles. The lowest BCUT2D eigenvalue weighted by molar-refractivity contribution is -0.131. The van der Waals surface area contributed by atoms with E-state index in [0.717, 1.165) is 44.5 Å². The summed E-state index contributed by atoms with van der Waals surface area (Å²) in [5.41, 5.74) is 6.96. The zero-order valence-electron chi connectivity index (χ0n) is 20.1. The molecule has 174 valence electrons. The number of hydrogen-bond donors (Lipinski definition) is 0. The topological polar surface area (TPSA) is 63.9 Å². The third-order valence-corrected chi connectivity index (χ3v) is 6.62. The van der Waals surface area contributed by atoms with Crippen LogP contribution in [0.3, 0.4) is 0 Å². The molecule has 0 spiro atoms. The first-order valence-electron chi connectivity index (χ1n) is 11.7. The van der Waals surface area contributed by atoms with Gasteiger partial charge in [0.1, 0.15) is 12.7 Å². The van der Waals surface area contributed by atoms with Crippen LogP contribution in [0.25, 0.3) is 27.7 Å². The first-order valence-corrected chi connectivity index (χ1v) is 11.7. The number of hydrogen-bond acceptors (Lipinski definition) is 4. The zero-order valence-corrected chi connectivity index (χ0v) is 20.1. The third-order valence-electron chi connectivity index (χ3n) is 6.62. The van der Waals surface area contributed by atoms with Gasteiger partial charge in [0.2, 0.25) is 5.91 Å². The molecule has 5 rings (SSSR count). The molecule has 5 aromatic rings. The molecule has 0 N–H and O–H groups in total. The number of likely N-dealkylation sites (N-methyl/N-ethyl adjacent to an activating group) is 1. The summed E-state index contributed by atoms with van der Waals surface area (Å²) < 4.78 is 1.71. The van der Waals surface area contributed by atoms with Crippen LogP contribution in [0.1, 0.15) is 29.8 Å². The molecular formula is C29H27N5O. The largest absolute Gasteiger partial charge is 0.339 e. The van der Waals surface area contributed by atoms with Crippen molar-refractivity contribution in [1.82, 2.24) is 24.6 Å². The van der Waals surface area contributed by atoms with Crippen molar-refractivity contribution >= 4 is 16.8 Å². The number of para-hydroxylation sites is 1. The highest BCUT2D eigenvalue weighted by molar-refractivity contribution is 5.98. The average Bonchev–Trinajstić information content (AvgIpc) is 3.44. The van der Waals surface area contributed by atoms with E-state index in [-0.39, 0.29) is 18.4 Å². The summed E-state index contributed by atoms with van der Waals surface area (Å²) in [4.78, 5) is 24.2. The molecule has 0 bridgehead atoms. The fourth-order valence-corrected chi connectivity index (χ4v) is 4.49. The molecule has 0 saturated carbocycles. The Kier molecular flexibility index (Phi) is 6.10. The van der Waals surface area contributed by atoms with Crippen LogP contribution in [0.2, 0.25) is 0 Å². The number of pyridine rings is 1. The summed E-state index contributed by atoms with van der Waals surface area (Å²) in [6, 6.07) is 26.4. The van der Waals surface area contributed by atoms with Crippen LogP contribution in [0, 0.1) is 6.92 Å². The van der Waals surface area contributed by atoms with E-state index in [1.54, 1.807) is 11.0 Å². The van der Waals surface area contributed by atoms with E-state index in [4.69, 9.17) is 4.98 Å². The number of fused-ring (bicyclic) bond motifs is 1. The fourth-order valence-electron chi connectivity index (χ4n) is 4.49. The van der Waals surface area contributed by atoms with Crippen molar-refractivity contribution in [3.63, 3.8) is 0 Å². The van der Waals surface area contributed by atoms with Gasteiger partial charge in [0.25, 0.3) is 0 Å². The van der Waals surface area contributed by atoms with Crippen LogP contribution in [0.5, 0.6) is 0 Å². The normalized spacial score (nSPS) is 12.0. The molecule has 6 nitrogen and oxygen atoms in total. The van der Waals surface area contributed by atoms with Gasteiger partial charge in [-0.25, -0.2) is 9.67 Å². The van der Waals surface area contributed by atoms with Crippen molar-refractivity contribution in [2.75, 3.05) is 7.05 Å². The lowest BCUT2D eigenvalue weighted by Gasteiger charge is -2.26.